The quantitative estimate of drug-likeness (QED) is 0.667. The molecule has 1 aliphatic heterocycles. The van der Waals surface area contributed by atoms with E-state index in [9.17, 15) is 0 Å². The Morgan fingerprint density at radius 3 is 2.22 bits per heavy atom. The monoisotopic (exact) mass is 377 g/mol. The van der Waals surface area contributed by atoms with Gasteiger partial charge < -0.3 is 15.0 Å². The van der Waals surface area contributed by atoms with Crippen molar-refractivity contribution in [2.45, 2.75) is 65.6 Å². The number of hydrogen-bond donors (Lipinski definition) is 1. The predicted octanol–water partition coefficient (Wildman–Crippen LogP) is 4.01. The van der Waals surface area contributed by atoms with Crippen LogP contribution in [0.5, 0.6) is 0 Å². The van der Waals surface area contributed by atoms with Crippen molar-refractivity contribution in [2.75, 3.05) is 46.4 Å². The number of ether oxygens (including phenoxy) is 1. The molecule has 0 radical (unpaired) electrons. The van der Waals surface area contributed by atoms with Gasteiger partial charge in [-0.2, -0.15) is 0 Å². The molecule has 0 amide bonds. The molecule has 0 spiro atoms. The van der Waals surface area contributed by atoms with E-state index in [2.05, 4.69) is 66.2 Å². The van der Waals surface area contributed by atoms with Gasteiger partial charge in [0, 0.05) is 51.9 Å². The Kier molecular flexibility index (Phi) is 11.8. The van der Waals surface area contributed by atoms with Crippen LogP contribution in [0.3, 0.4) is 0 Å². The molecule has 4 heteroatoms. The van der Waals surface area contributed by atoms with Gasteiger partial charge in [-0.05, 0) is 46.2 Å². The number of piperazine rings is 1. The van der Waals surface area contributed by atoms with Crippen LogP contribution in [0.15, 0.2) is 30.3 Å². The fourth-order valence-electron chi connectivity index (χ4n) is 3.17. The van der Waals surface area contributed by atoms with Crippen molar-refractivity contribution in [1.82, 2.24) is 15.1 Å². The van der Waals surface area contributed by atoms with Crippen LogP contribution in [0.25, 0.3) is 0 Å². The first-order chi connectivity index (χ1) is 13.0. The van der Waals surface area contributed by atoms with Crippen LogP contribution >= 0.6 is 0 Å². The molecule has 156 valence electrons. The van der Waals surface area contributed by atoms with Crippen molar-refractivity contribution in [2.24, 2.45) is 0 Å². The van der Waals surface area contributed by atoms with Gasteiger partial charge >= 0.3 is 0 Å². The van der Waals surface area contributed by atoms with E-state index >= 15 is 0 Å². The van der Waals surface area contributed by atoms with E-state index in [1.807, 2.05) is 20.9 Å². The summed E-state index contributed by atoms with van der Waals surface area (Å²) in [5, 5.41) is 3.26. The largest absolute Gasteiger partial charge is 0.375 e. The lowest BCUT2D eigenvalue weighted by Gasteiger charge is -2.36. The van der Waals surface area contributed by atoms with Crippen LogP contribution in [-0.4, -0.2) is 67.8 Å². The van der Waals surface area contributed by atoms with Gasteiger partial charge in [-0.25, -0.2) is 0 Å². The highest BCUT2D eigenvalue weighted by Crippen LogP contribution is 2.17. The summed E-state index contributed by atoms with van der Waals surface area (Å²) in [6, 6.07) is 11.3. The van der Waals surface area contributed by atoms with Crippen LogP contribution in [-0.2, 0) is 11.3 Å². The third-order valence-corrected chi connectivity index (χ3v) is 5.28. The van der Waals surface area contributed by atoms with Gasteiger partial charge in [0.05, 0.1) is 5.60 Å². The Balaban J connectivity index is 0.00000176. The van der Waals surface area contributed by atoms with E-state index in [-0.39, 0.29) is 5.60 Å². The minimum Gasteiger partial charge on any atom is -0.375 e. The maximum absolute atomic E-state index is 6.12. The minimum atomic E-state index is -0.0331. The Hall–Kier alpha value is -0.940. The van der Waals surface area contributed by atoms with E-state index < -0.39 is 0 Å². The smallest absolute Gasteiger partial charge is 0.0638 e. The highest BCUT2D eigenvalue weighted by atomic mass is 16.5. The highest BCUT2D eigenvalue weighted by Gasteiger charge is 2.22. The fourth-order valence-corrected chi connectivity index (χ4v) is 3.17. The highest BCUT2D eigenvalue weighted by molar-refractivity contribution is 5.14. The van der Waals surface area contributed by atoms with E-state index in [0.29, 0.717) is 6.04 Å². The van der Waals surface area contributed by atoms with Crippen LogP contribution in [0, 0.1) is 0 Å². The first-order valence-electron chi connectivity index (χ1n) is 10.8. The predicted molar refractivity (Wildman–Crippen MR) is 117 cm³/mol. The maximum Gasteiger partial charge on any atom is 0.0638 e. The number of nitrogens with one attached hydrogen (secondary N) is 1. The van der Waals surface area contributed by atoms with Crippen LogP contribution in [0.1, 0.15) is 53.0 Å². The average molecular weight is 378 g/mol. The van der Waals surface area contributed by atoms with Crippen molar-refractivity contribution in [1.29, 1.82) is 0 Å². The summed E-state index contributed by atoms with van der Waals surface area (Å²) >= 11 is 0. The summed E-state index contributed by atoms with van der Waals surface area (Å²) in [6.45, 7) is 18.3. The number of nitrogens with zero attached hydrogens (tertiary/aromatic N) is 2. The lowest BCUT2D eigenvalue weighted by Crippen LogP contribution is -2.47. The van der Waals surface area contributed by atoms with Gasteiger partial charge in [0.15, 0.2) is 0 Å². The second kappa shape index (κ2) is 13.3. The van der Waals surface area contributed by atoms with E-state index in [0.717, 1.165) is 45.6 Å². The zero-order valence-corrected chi connectivity index (χ0v) is 18.6. The molecule has 1 saturated heterocycles. The molecule has 0 saturated carbocycles. The molecular formula is C23H43N3O. The topological polar surface area (TPSA) is 27.7 Å². The summed E-state index contributed by atoms with van der Waals surface area (Å²) in [5.41, 5.74) is 1.38. The molecular weight excluding hydrogens is 334 g/mol. The molecule has 1 aliphatic rings. The van der Waals surface area contributed by atoms with Crippen molar-refractivity contribution >= 4 is 0 Å². The molecule has 1 aromatic rings. The van der Waals surface area contributed by atoms with Gasteiger partial charge in [-0.3, -0.25) is 4.90 Å². The normalized spacial score (nSPS) is 17.3. The van der Waals surface area contributed by atoms with E-state index in [1.165, 1.54) is 18.7 Å². The fraction of sp³-hybridized carbons (Fsp3) is 0.739. The molecule has 1 fully saturated rings. The van der Waals surface area contributed by atoms with Crippen molar-refractivity contribution in [3.8, 4) is 0 Å². The maximum atomic E-state index is 6.12. The third-order valence-electron chi connectivity index (χ3n) is 5.28. The first-order valence-corrected chi connectivity index (χ1v) is 10.8. The molecule has 1 atom stereocenters. The van der Waals surface area contributed by atoms with Gasteiger partial charge in [-0.15, -0.1) is 0 Å². The molecule has 4 nitrogen and oxygen atoms in total. The zero-order valence-electron chi connectivity index (χ0n) is 18.6. The van der Waals surface area contributed by atoms with E-state index in [4.69, 9.17) is 4.74 Å². The summed E-state index contributed by atoms with van der Waals surface area (Å²) in [7, 11) is 2.01. The summed E-state index contributed by atoms with van der Waals surface area (Å²) in [5.74, 6) is 0. The molecule has 2 rings (SSSR count). The molecule has 1 unspecified atom stereocenters. The van der Waals surface area contributed by atoms with Crippen molar-refractivity contribution < 1.29 is 4.74 Å². The first kappa shape index (κ1) is 24.1. The lowest BCUT2D eigenvalue weighted by molar-refractivity contribution is -0.0341. The van der Waals surface area contributed by atoms with Crippen LogP contribution in [0.2, 0.25) is 0 Å². The standard InChI is InChI=1S/C21H37N3O.C2H6/c1-19(22-4)10-17-25-21(2,3)11-12-23-13-15-24(16-14-23)18-20-8-6-5-7-9-20;1-2/h5-9,19,22H,10-18H2,1-4H3;1-2H3. The Morgan fingerprint density at radius 1 is 1.04 bits per heavy atom. The van der Waals surface area contributed by atoms with Gasteiger partial charge in [0.2, 0.25) is 0 Å². The summed E-state index contributed by atoms with van der Waals surface area (Å²) in [6.07, 6.45) is 2.16. The summed E-state index contributed by atoms with van der Waals surface area (Å²) in [4.78, 5) is 5.15. The molecule has 0 bridgehead atoms. The SMILES string of the molecule is CC.CNC(C)CCOC(C)(C)CCN1CCN(Cc2ccccc2)CC1. The zero-order chi connectivity index (χ0) is 20.1. The van der Waals surface area contributed by atoms with Gasteiger partial charge in [-0.1, -0.05) is 44.2 Å². The Labute approximate surface area is 168 Å². The van der Waals surface area contributed by atoms with Crippen molar-refractivity contribution in [3.05, 3.63) is 35.9 Å². The molecule has 0 aromatic heterocycles. The van der Waals surface area contributed by atoms with Gasteiger partial charge in [0.25, 0.3) is 0 Å². The number of benzene rings is 1. The summed E-state index contributed by atoms with van der Waals surface area (Å²) < 4.78 is 6.12. The Morgan fingerprint density at radius 2 is 1.63 bits per heavy atom. The third kappa shape index (κ3) is 10.2. The molecule has 1 heterocycles. The molecule has 0 aliphatic carbocycles. The van der Waals surface area contributed by atoms with Crippen LogP contribution in [0.4, 0.5) is 0 Å². The van der Waals surface area contributed by atoms with E-state index in [1.54, 1.807) is 0 Å². The number of hydrogen-bond acceptors (Lipinski definition) is 4. The second-order valence-electron chi connectivity index (χ2n) is 7.94. The average Bonchev–Trinajstić information content (AvgIpc) is 2.69. The van der Waals surface area contributed by atoms with Crippen LogP contribution < -0.4 is 5.32 Å². The molecule has 1 N–H and O–H groups in total. The van der Waals surface area contributed by atoms with Gasteiger partial charge in [0.1, 0.15) is 0 Å². The molecule has 27 heavy (non-hydrogen) atoms. The Bertz CT molecular complexity index is 470. The van der Waals surface area contributed by atoms with Crippen molar-refractivity contribution in [3.63, 3.8) is 0 Å². The minimum absolute atomic E-state index is 0.0331. The lowest BCUT2D eigenvalue weighted by atomic mass is 10.0. The molecule has 1 aromatic carbocycles. The number of rotatable bonds is 10. The second-order valence-corrected chi connectivity index (χ2v) is 7.94.